The Kier molecular flexibility index (Phi) is 6.97. The van der Waals surface area contributed by atoms with Crippen LogP contribution >= 0.6 is 0 Å². The lowest BCUT2D eigenvalue weighted by molar-refractivity contribution is 0.0954. The van der Waals surface area contributed by atoms with Crippen LogP contribution in [-0.4, -0.2) is 40.1 Å². The first-order chi connectivity index (χ1) is 15.0. The minimum atomic E-state index is -0.379. The number of carbonyl (C=O) groups excluding carboxylic acids is 1. The maximum Gasteiger partial charge on any atom is 0.271 e. The van der Waals surface area contributed by atoms with Gasteiger partial charge in [-0.25, -0.2) is 5.43 Å². The zero-order valence-corrected chi connectivity index (χ0v) is 18.3. The van der Waals surface area contributed by atoms with Crippen LogP contribution in [0.1, 0.15) is 29.3 Å². The number of hydrogen-bond acceptors (Lipinski definition) is 6. The number of benzene rings is 3. The Bertz CT molecular complexity index is 1100. The Hall–Kier alpha value is -3.74. The van der Waals surface area contributed by atoms with Gasteiger partial charge in [-0.05, 0) is 53.1 Å². The maximum atomic E-state index is 12.7. The molecule has 162 valence electrons. The van der Waals surface area contributed by atoms with Gasteiger partial charge in [-0.1, -0.05) is 25.1 Å². The Morgan fingerprint density at radius 3 is 2.03 bits per heavy atom. The van der Waals surface area contributed by atoms with Crippen LogP contribution in [0.3, 0.4) is 0 Å². The van der Waals surface area contributed by atoms with Crippen molar-refractivity contribution in [2.24, 2.45) is 5.10 Å². The van der Waals surface area contributed by atoms with E-state index in [9.17, 15) is 4.79 Å². The SMILES string of the molecule is CC/C(=N/NC(=O)c1cc(OC)c(OC)c(OC)c1)c1ccc2cc(OC)ccc2c1. The van der Waals surface area contributed by atoms with E-state index in [-0.39, 0.29) is 5.91 Å². The molecule has 0 saturated carbocycles. The van der Waals surface area contributed by atoms with Gasteiger partial charge in [0.1, 0.15) is 5.75 Å². The number of amides is 1. The molecule has 0 radical (unpaired) electrons. The fraction of sp³-hybridized carbons (Fsp3) is 0.250. The van der Waals surface area contributed by atoms with Crippen LogP contribution in [0.2, 0.25) is 0 Å². The second kappa shape index (κ2) is 9.84. The molecular formula is C24H26N2O5. The van der Waals surface area contributed by atoms with Crippen LogP contribution in [0.15, 0.2) is 53.6 Å². The molecule has 0 bridgehead atoms. The van der Waals surface area contributed by atoms with Crippen molar-refractivity contribution in [2.45, 2.75) is 13.3 Å². The fourth-order valence-electron chi connectivity index (χ4n) is 3.27. The van der Waals surface area contributed by atoms with E-state index in [4.69, 9.17) is 18.9 Å². The van der Waals surface area contributed by atoms with Crippen LogP contribution in [-0.2, 0) is 0 Å². The summed E-state index contributed by atoms with van der Waals surface area (Å²) < 4.78 is 21.2. The smallest absolute Gasteiger partial charge is 0.271 e. The van der Waals surface area contributed by atoms with E-state index >= 15 is 0 Å². The summed E-state index contributed by atoms with van der Waals surface area (Å²) in [4.78, 5) is 12.7. The van der Waals surface area contributed by atoms with Crippen LogP contribution in [0.4, 0.5) is 0 Å². The molecule has 0 aliphatic rings. The molecule has 0 aliphatic carbocycles. The second-order valence-electron chi connectivity index (χ2n) is 6.69. The van der Waals surface area contributed by atoms with Crippen molar-refractivity contribution in [3.63, 3.8) is 0 Å². The summed E-state index contributed by atoms with van der Waals surface area (Å²) in [5, 5.41) is 6.50. The van der Waals surface area contributed by atoms with Crippen molar-refractivity contribution in [1.82, 2.24) is 5.43 Å². The van der Waals surface area contributed by atoms with Crippen LogP contribution in [0.25, 0.3) is 10.8 Å². The van der Waals surface area contributed by atoms with Gasteiger partial charge in [0.15, 0.2) is 11.5 Å². The highest BCUT2D eigenvalue weighted by molar-refractivity contribution is 6.04. The molecule has 1 N–H and O–H groups in total. The molecule has 7 heteroatoms. The average Bonchev–Trinajstić information content (AvgIpc) is 2.82. The van der Waals surface area contributed by atoms with Crippen molar-refractivity contribution in [3.05, 3.63) is 59.7 Å². The van der Waals surface area contributed by atoms with Crippen LogP contribution in [0.5, 0.6) is 23.0 Å². The molecule has 31 heavy (non-hydrogen) atoms. The summed E-state index contributed by atoms with van der Waals surface area (Å²) in [6.07, 6.45) is 0.650. The molecule has 0 fully saturated rings. The number of hydrazone groups is 1. The van der Waals surface area contributed by atoms with E-state index in [1.807, 2.05) is 43.3 Å². The highest BCUT2D eigenvalue weighted by Gasteiger charge is 2.17. The monoisotopic (exact) mass is 422 g/mol. The maximum absolute atomic E-state index is 12.7. The Morgan fingerprint density at radius 1 is 0.806 bits per heavy atom. The number of nitrogens with one attached hydrogen (secondary N) is 1. The molecule has 0 saturated heterocycles. The van der Waals surface area contributed by atoms with Gasteiger partial charge in [0.25, 0.3) is 5.91 Å². The Balaban J connectivity index is 1.87. The lowest BCUT2D eigenvalue weighted by atomic mass is 10.0. The van der Waals surface area contributed by atoms with Gasteiger partial charge in [-0.2, -0.15) is 5.10 Å². The van der Waals surface area contributed by atoms with Crippen molar-refractivity contribution >= 4 is 22.4 Å². The molecule has 3 aromatic rings. The summed E-state index contributed by atoms with van der Waals surface area (Å²) in [6.45, 7) is 1.99. The number of nitrogens with zero attached hydrogens (tertiary/aromatic N) is 1. The topological polar surface area (TPSA) is 78.4 Å². The standard InChI is InChI=1S/C24H26N2O5/c1-6-20(17-8-7-16-12-19(28-2)10-9-15(16)11-17)25-26-24(27)18-13-21(29-3)23(31-5)22(14-18)30-4/h7-14H,6H2,1-5H3,(H,26,27)/b25-20-. The summed E-state index contributed by atoms with van der Waals surface area (Å²) in [5.41, 5.74) is 4.68. The predicted octanol–water partition coefficient (Wildman–Crippen LogP) is 4.42. The third-order valence-corrected chi connectivity index (χ3v) is 4.93. The number of methoxy groups -OCH3 is 4. The molecule has 7 nitrogen and oxygen atoms in total. The fourth-order valence-corrected chi connectivity index (χ4v) is 3.27. The molecule has 0 unspecified atom stereocenters. The van der Waals surface area contributed by atoms with Gasteiger partial charge >= 0.3 is 0 Å². The molecule has 0 spiro atoms. The van der Waals surface area contributed by atoms with Gasteiger partial charge in [0.05, 0.1) is 34.2 Å². The molecular weight excluding hydrogens is 396 g/mol. The van der Waals surface area contributed by atoms with Gasteiger partial charge in [-0.3, -0.25) is 4.79 Å². The van der Waals surface area contributed by atoms with Crippen molar-refractivity contribution in [3.8, 4) is 23.0 Å². The predicted molar refractivity (Wildman–Crippen MR) is 121 cm³/mol. The summed E-state index contributed by atoms with van der Waals surface area (Å²) in [7, 11) is 6.16. The molecule has 3 aromatic carbocycles. The van der Waals surface area contributed by atoms with Crippen LogP contribution < -0.4 is 24.4 Å². The molecule has 0 heterocycles. The quantitative estimate of drug-likeness (QED) is 0.430. The number of ether oxygens (including phenoxy) is 4. The Labute approximate surface area is 181 Å². The van der Waals surface area contributed by atoms with E-state index in [2.05, 4.69) is 10.5 Å². The van der Waals surface area contributed by atoms with Crippen molar-refractivity contribution in [1.29, 1.82) is 0 Å². The minimum absolute atomic E-state index is 0.347. The van der Waals surface area contributed by atoms with Crippen molar-refractivity contribution < 1.29 is 23.7 Å². The largest absolute Gasteiger partial charge is 0.497 e. The third kappa shape index (κ3) is 4.71. The molecule has 0 aliphatic heterocycles. The van der Waals surface area contributed by atoms with E-state index in [1.165, 1.54) is 21.3 Å². The van der Waals surface area contributed by atoms with Crippen LogP contribution in [0, 0.1) is 0 Å². The zero-order chi connectivity index (χ0) is 22.4. The lowest BCUT2D eigenvalue weighted by Gasteiger charge is -2.13. The normalized spacial score (nSPS) is 11.2. The van der Waals surface area contributed by atoms with E-state index < -0.39 is 0 Å². The van der Waals surface area contributed by atoms with Crippen molar-refractivity contribution in [2.75, 3.05) is 28.4 Å². The summed E-state index contributed by atoms with van der Waals surface area (Å²) >= 11 is 0. The van der Waals surface area contributed by atoms with Gasteiger partial charge < -0.3 is 18.9 Å². The number of hydrogen-bond donors (Lipinski definition) is 1. The lowest BCUT2D eigenvalue weighted by Crippen LogP contribution is -2.20. The summed E-state index contributed by atoms with van der Waals surface area (Å²) in [6, 6.07) is 15.1. The van der Waals surface area contributed by atoms with E-state index in [0.717, 1.165) is 27.8 Å². The van der Waals surface area contributed by atoms with Gasteiger partial charge in [0, 0.05) is 5.56 Å². The minimum Gasteiger partial charge on any atom is -0.497 e. The zero-order valence-electron chi connectivity index (χ0n) is 18.3. The molecule has 0 aromatic heterocycles. The first-order valence-electron chi connectivity index (χ1n) is 9.79. The second-order valence-corrected chi connectivity index (χ2v) is 6.69. The van der Waals surface area contributed by atoms with Gasteiger partial charge in [-0.15, -0.1) is 0 Å². The highest BCUT2D eigenvalue weighted by atomic mass is 16.5. The summed E-state index contributed by atoms with van der Waals surface area (Å²) in [5.74, 6) is 1.65. The number of fused-ring (bicyclic) bond motifs is 1. The first-order valence-corrected chi connectivity index (χ1v) is 9.79. The highest BCUT2D eigenvalue weighted by Crippen LogP contribution is 2.38. The molecule has 1 amide bonds. The molecule has 0 atom stereocenters. The van der Waals surface area contributed by atoms with E-state index in [0.29, 0.717) is 29.2 Å². The first kappa shape index (κ1) is 22.0. The average molecular weight is 422 g/mol. The van der Waals surface area contributed by atoms with E-state index in [1.54, 1.807) is 19.2 Å². The van der Waals surface area contributed by atoms with Gasteiger partial charge in [0.2, 0.25) is 5.75 Å². The number of carbonyl (C=O) groups is 1. The molecule has 3 rings (SSSR count). The third-order valence-electron chi connectivity index (χ3n) is 4.93. The Morgan fingerprint density at radius 2 is 1.45 bits per heavy atom. The number of rotatable bonds is 8.